The third kappa shape index (κ3) is 5.18. The van der Waals surface area contributed by atoms with Gasteiger partial charge in [0.15, 0.2) is 5.01 Å². The average Bonchev–Trinajstić information content (AvgIpc) is 3.53. The van der Waals surface area contributed by atoms with Crippen molar-refractivity contribution in [1.29, 1.82) is 0 Å². The van der Waals surface area contributed by atoms with Crippen LogP contribution in [-0.2, 0) is 31.3 Å². The fourth-order valence-corrected chi connectivity index (χ4v) is 7.00. The number of alkyl halides is 3. The Morgan fingerprint density at radius 3 is 2.40 bits per heavy atom. The Kier molecular flexibility index (Phi) is 7.88. The van der Waals surface area contributed by atoms with Gasteiger partial charge in [0.2, 0.25) is 15.2 Å². The lowest BCUT2D eigenvalue weighted by Gasteiger charge is -2.40. The Hall–Kier alpha value is -3.06. The highest BCUT2D eigenvalue weighted by Gasteiger charge is 2.43. The van der Waals surface area contributed by atoms with Crippen LogP contribution in [0.3, 0.4) is 0 Å². The Morgan fingerprint density at radius 2 is 1.88 bits per heavy atom. The number of amides is 1. The van der Waals surface area contributed by atoms with Crippen molar-refractivity contribution in [3.8, 4) is 5.13 Å². The topological polar surface area (TPSA) is 141 Å². The summed E-state index contributed by atoms with van der Waals surface area (Å²) in [5.41, 5.74) is -2.37. The highest BCUT2D eigenvalue weighted by molar-refractivity contribution is 7.89. The minimum Gasteiger partial charge on any atom is -0.377 e. The number of rotatable bonds is 9. The molecule has 0 radical (unpaired) electrons. The molecule has 2 saturated heterocycles. The standard InChI is InChI=1S/C24H30F3N7O6S2/c1-23(2,39-4)20(35)33-7-5-32(6-8-33)15-9-14(42(37,38)30-24(11-25)12-40-13-24)10-16-17(15)31(3)22(36)34(16)21-29-28-19(41-21)18(26)27/h9-10,18,30H,5-8,11-13H2,1-4H3. The third-order valence-corrected chi connectivity index (χ3v) is 9.99. The van der Waals surface area contributed by atoms with E-state index in [4.69, 9.17) is 9.47 Å². The van der Waals surface area contributed by atoms with Gasteiger partial charge >= 0.3 is 5.69 Å². The molecule has 2 aromatic heterocycles. The first-order valence-corrected chi connectivity index (χ1v) is 15.2. The molecule has 18 heteroatoms. The molecule has 0 spiro atoms. The lowest BCUT2D eigenvalue weighted by Crippen LogP contribution is -2.63. The summed E-state index contributed by atoms with van der Waals surface area (Å²) in [4.78, 5) is 29.6. The molecule has 0 bridgehead atoms. The summed E-state index contributed by atoms with van der Waals surface area (Å²) in [7, 11) is -1.44. The molecule has 2 aliphatic rings. The number of aromatic nitrogens is 4. The highest BCUT2D eigenvalue weighted by Crippen LogP contribution is 2.34. The number of hydrogen-bond acceptors (Lipinski definition) is 10. The molecule has 3 aromatic rings. The normalized spacial score (nSPS) is 17.7. The molecule has 42 heavy (non-hydrogen) atoms. The number of methoxy groups -OCH3 is 1. The van der Waals surface area contributed by atoms with Crippen LogP contribution in [-0.4, -0.2) is 103 Å². The van der Waals surface area contributed by atoms with Crippen LogP contribution in [0, 0.1) is 0 Å². The summed E-state index contributed by atoms with van der Waals surface area (Å²) in [5.74, 6) is -0.209. The summed E-state index contributed by atoms with van der Waals surface area (Å²) in [6.07, 6.45) is -2.92. The summed E-state index contributed by atoms with van der Waals surface area (Å²) in [6, 6.07) is 2.60. The summed E-state index contributed by atoms with van der Waals surface area (Å²) >= 11 is 0.502. The summed E-state index contributed by atoms with van der Waals surface area (Å²) in [5, 5.41) is 6.46. The molecule has 1 N–H and O–H groups in total. The van der Waals surface area contributed by atoms with Crippen molar-refractivity contribution in [2.45, 2.75) is 36.3 Å². The largest absolute Gasteiger partial charge is 0.377 e. The van der Waals surface area contributed by atoms with Crippen molar-refractivity contribution in [2.24, 2.45) is 7.05 Å². The van der Waals surface area contributed by atoms with E-state index >= 15 is 0 Å². The molecule has 0 atom stereocenters. The van der Waals surface area contributed by atoms with E-state index in [1.807, 2.05) is 4.90 Å². The number of halogens is 3. The van der Waals surface area contributed by atoms with E-state index in [1.54, 1.807) is 18.7 Å². The van der Waals surface area contributed by atoms with Gasteiger partial charge in [-0.25, -0.2) is 31.0 Å². The zero-order chi connectivity index (χ0) is 30.6. The van der Waals surface area contributed by atoms with Gasteiger partial charge < -0.3 is 19.3 Å². The fraction of sp³-hybridized carbons (Fsp3) is 0.583. The van der Waals surface area contributed by atoms with Gasteiger partial charge in [-0.1, -0.05) is 11.3 Å². The molecule has 0 saturated carbocycles. The number of aryl methyl sites for hydroxylation is 1. The predicted molar refractivity (Wildman–Crippen MR) is 147 cm³/mol. The first-order chi connectivity index (χ1) is 19.7. The molecular formula is C24H30F3N7O6S2. The SMILES string of the molecule is COC(C)(C)C(=O)N1CCN(c2cc(S(=O)(=O)NC3(CF)COC3)cc3c2n(C)c(=O)n3-c2nnc(C(F)F)s2)CC1. The Morgan fingerprint density at radius 1 is 1.21 bits per heavy atom. The third-order valence-electron chi connectivity index (χ3n) is 7.51. The molecule has 0 unspecified atom stereocenters. The zero-order valence-corrected chi connectivity index (χ0v) is 24.9. The Labute approximate surface area is 242 Å². The van der Waals surface area contributed by atoms with Crippen LogP contribution in [0.4, 0.5) is 18.9 Å². The zero-order valence-electron chi connectivity index (χ0n) is 23.3. The second-order valence-corrected chi connectivity index (χ2v) is 13.4. The quantitative estimate of drug-likeness (QED) is 0.368. The highest BCUT2D eigenvalue weighted by atomic mass is 32.2. The van der Waals surface area contributed by atoms with Crippen LogP contribution in [0.2, 0.25) is 0 Å². The lowest BCUT2D eigenvalue weighted by atomic mass is 10.0. The molecule has 5 rings (SSSR count). The van der Waals surface area contributed by atoms with Gasteiger partial charge in [-0.05, 0) is 26.0 Å². The monoisotopic (exact) mass is 633 g/mol. The van der Waals surface area contributed by atoms with Crippen LogP contribution in [0.25, 0.3) is 16.2 Å². The smallest absolute Gasteiger partial charge is 0.335 e. The number of carbonyl (C=O) groups excluding carboxylic acids is 1. The van der Waals surface area contributed by atoms with Crippen LogP contribution in [0.15, 0.2) is 21.8 Å². The van der Waals surface area contributed by atoms with Crippen molar-refractivity contribution in [1.82, 2.24) is 29.0 Å². The molecule has 0 aliphatic carbocycles. The number of nitrogens with one attached hydrogen (secondary N) is 1. The van der Waals surface area contributed by atoms with E-state index in [0.717, 1.165) is 4.57 Å². The number of piperazine rings is 1. The molecule has 2 fully saturated rings. The first kappa shape index (κ1) is 30.4. The van der Waals surface area contributed by atoms with Gasteiger partial charge in [0.05, 0.1) is 34.8 Å². The maximum Gasteiger partial charge on any atom is 0.335 e. The number of hydrogen-bond donors (Lipinski definition) is 1. The van der Waals surface area contributed by atoms with Gasteiger partial charge in [-0.15, -0.1) is 10.2 Å². The van der Waals surface area contributed by atoms with Crippen molar-refractivity contribution < 1.29 is 35.9 Å². The molecule has 1 aromatic carbocycles. The van der Waals surface area contributed by atoms with Crippen molar-refractivity contribution in [2.75, 3.05) is 58.1 Å². The molecule has 1 amide bonds. The van der Waals surface area contributed by atoms with Crippen LogP contribution >= 0.6 is 11.3 Å². The first-order valence-electron chi connectivity index (χ1n) is 12.9. The minimum atomic E-state index is -4.36. The number of benzene rings is 1. The molecule has 2 aliphatic heterocycles. The van der Waals surface area contributed by atoms with Crippen molar-refractivity contribution >= 4 is 44.0 Å². The van der Waals surface area contributed by atoms with Crippen molar-refractivity contribution in [3.63, 3.8) is 0 Å². The second kappa shape index (κ2) is 10.9. The van der Waals surface area contributed by atoms with Gasteiger partial charge in [-0.2, -0.15) is 4.72 Å². The van der Waals surface area contributed by atoms with E-state index in [0.29, 0.717) is 22.5 Å². The average molecular weight is 634 g/mol. The van der Waals surface area contributed by atoms with Gasteiger partial charge in [-0.3, -0.25) is 9.36 Å². The van der Waals surface area contributed by atoms with Gasteiger partial charge in [0.1, 0.15) is 17.8 Å². The predicted octanol–water partition coefficient (Wildman–Crippen LogP) is 1.21. The number of nitrogens with zero attached hydrogens (tertiary/aromatic N) is 6. The lowest BCUT2D eigenvalue weighted by molar-refractivity contribution is -0.151. The van der Waals surface area contributed by atoms with Crippen LogP contribution < -0.4 is 15.3 Å². The van der Waals surface area contributed by atoms with Crippen LogP contribution in [0.1, 0.15) is 25.3 Å². The molecule has 230 valence electrons. The summed E-state index contributed by atoms with van der Waals surface area (Å²) in [6.45, 7) is 3.17. The van der Waals surface area contributed by atoms with Crippen molar-refractivity contribution in [3.05, 3.63) is 27.6 Å². The van der Waals surface area contributed by atoms with E-state index in [-0.39, 0.29) is 60.8 Å². The minimum absolute atomic E-state index is 0.0792. The van der Waals surface area contributed by atoms with E-state index in [9.17, 15) is 31.2 Å². The van der Waals surface area contributed by atoms with E-state index < -0.39 is 45.0 Å². The maximum absolute atomic E-state index is 13.8. The number of anilines is 1. The number of fused-ring (bicyclic) bond motifs is 1. The Balaban J connectivity index is 1.63. The number of sulfonamides is 1. The number of ether oxygens (including phenoxy) is 2. The molecular weight excluding hydrogens is 603 g/mol. The second-order valence-electron chi connectivity index (χ2n) is 10.7. The van der Waals surface area contributed by atoms with Gasteiger partial charge in [0, 0.05) is 40.3 Å². The number of imidazole rings is 1. The van der Waals surface area contributed by atoms with E-state index in [2.05, 4.69) is 14.9 Å². The molecule has 4 heterocycles. The van der Waals surface area contributed by atoms with Crippen LogP contribution in [0.5, 0.6) is 0 Å². The Bertz CT molecular complexity index is 1670. The number of carbonyl (C=O) groups is 1. The molecule has 13 nitrogen and oxygen atoms in total. The van der Waals surface area contributed by atoms with E-state index in [1.165, 1.54) is 30.9 Å². The van der Waals surface area contributed by atoms with Gasteiger partial charge in [0.25, 0.3) is 12.3 Å². The maximum atomic E-state index is 13.8. The summed E-state index contributed by atoms with van der Waals surface area (Å²) < 4.78 is 82.6. The fourth-order valence-electron chi connectivity index (χ4n) is 4.90.